The van der Waals surface area contributed by atoms with Crippen LogP contribution in [0.2, 0.25) is 8.67 Å². The first-order chi connectivity index (χ1) is 11.0. The summed E-state index contributed by atoms with van der Waals surface area (Å²) in [4.78, 5) is 11.9. The number of nitrogens with one attached hydrogen (secondary N) is 2. The number of ether oxygens (including phenoxy) is 1. The lowest BCUT2D eigenvalue weighted by atomic mass is 10.0. The van der Waals surface area contributed by atoms with Crippen molar-refractivity contribution in [3.8, 4) is 0 Å². The Balaban J connectivity index is 2.65. The van der Waals surface area contributed by atoms with Gasteiger partial charge in [-0.15, -0.1) is 11.3 Å². The molecule has 138 valence electrons. The molecule has 0 radical (unpaired) electrons. The molecular weight excluding hydrogens is 367 g/mol. The van der Waals surface area contributed by atoms with Crippen LogP contribution in [0.25, 0.3) is 0 Å². The van der Waals surface area contributed by atoms with Gasteiger partial charge in [-0.1, -0.05) is 37.0 Å². The van der Waals surface area contributed by atoms with Gasteiger partial charge in [-0.3, -0.25) is 0 Å². The summed E-state index contributed by atoms with van der Waals surface area (Å²) in [5.74, 6) is 0.497. The summed E-state index contributed by atoms with van der Waals surface area (Å²) in [5, 5.41) is 6.37. The highest BCUT2D eigenvalue weighted by Gasteiger charge is 2.21. The van der Waals surface area contributed by atoms with Crippen LogP contribution in [-0.2, 0) is 4.74 Å². The predicted molar refractivity (Wildman–Crippen MR) is 103 cm³/mol. The summed E-state index contributed by atoms with van der Waals surface area (Å²) in [6.07, 6.45) is 0.526. The van der Waals surface area contributed by atoms with Crippen LogP contribution in [-0.4, -0.2) is 24.3 Å². The third-order valence-electron chi connectivity index (χ3n) is 3.28. The van der Waals surface area contributed by atoms with Crippen LogP contribution in [0.1, 0.15) is 59.6 Å². The Bertz CT molecular complexity index is 541. The molecule has 0 aliphatic rings. The zero-order valence-corrected chi connectivity index (χ0v) is 17.5. The lowest BCUT2D eigenvalue weighted by Crippen LogP contribution is -2.44. The Kier molecular flexibility index (Phi) is 8.33. The first-order valence-corrected chi connectivity index (χ1v) is 9.72. The summed E-state index contributed by atoms with van der Waals surface area (Å²) in [6.45, 7) is 12.4. The molecule has 2 atom stereocenters. The minimum atomic E-state index is -0.501. The van der Waals surface area contributed by atoms with Crippen molar-refractivity contribution >= 4 is 40.6 Å². The number of carbonyl (C=O) groups excluding carboxylic acids is 1. The molecule has 0 fully saturated rings. The van der Waals surface area contributed by atoms with Crippen LogP contribution < -0.4 is 10.6 Å². The van der Waals surface area contributed by atoms with E-state index in [0.717, 1.165) is 12.0 Å². The van der Waals surface area contributed by atoms with Crippen LogP contribution in [0.15, 0.2) is 6.07 Å². The first kappa shape index (κ1) is 21.6. The molecule has 0 saturated heterocycles. The lowest BCUT2D eigenvalue weighted by Gasteiger charge is -2.26. The van der Waals surface area contributed by atoms with Crippen molar-refractivity contribution in [1.29, 1.82) is 0 Å². The molecule has 4 nitrogen and oxygen atoms in total. The molecule has 0 aliphatic carbocycles. The van der Waals surface area contributed by atoms with Gasteiger partial charge in [0.25, 0.3) is 0 Å². The number of hydrogen-bond donors (Lipinski definition) is 2. The molecule has 1 aromatic heterocycles. The van der Waals surface area contributed by atoms with Crippen molar-refractivity contribution < 1.29 is 9.53 Å². The zero-order valence-electron chi connectivity index (χ0n) is 15.2. The molecule has 0 aliphatic heterocycles. The Morgan fingerprint density at radius 2 is 1.92 bits per heavy atom. The molecule has 1 heterocycles. The van der Waals surface area contributed by atoms with Gasteiger partial charge in [0.05, 0.1) is 8.67 Å². The molecule has 0 spiro atoms. The Labute approximate surface area is 159 Å². The van der Waals surface area contributed by atoms with E-state index in [2.05, 4.69) is 24.5 Å². The third-order valence-corrected chi connectivity index (χ3v) is 4.80. The van der Waals surface area contributed by atoms with E-state index in [1.54, 1.807) is 0 Å². The number of carbonyl (C=O) groups is 1. The normalized spacial score (nSPS) is 14.5. The number of thiophene rings is 1. The van der Waals surface area contributed by atoms with Crippen molar-refractivity contribution in [3.63, 3.8) is 0 Å². The van der Waals surface area contributed by atoms with Gasteiger partial charge in [0.2, 0.25) is 0 Å². The van der Waals surface area contributed by atoms with Crippen LogP contribution in [0.4, 0.5) is 4.79 Å². The van der Waals surface area contributed by atoms with Crippen molar-refractivity contribution in [2.75, 3.05) is 6.54 Å². The molecule has 0 aromatic carbocycles. The lowest BCUT2D eigenvalue weighted by molar-refractivity contribution is 0.0520. The number of alkyl carbamates (subject to hydrolysis) is 1. The summed E-state index contributed by atoms with van der Waals surface area (Å²) in [5.41, 5.74) is 0.483. The maximum Gasteiger partial charge on any atom is 0.407 e. The largest absolute Gasteiger partial charge is 0.444 e. The van der Waals surface area contributed by atoms with E-state index in [1.165, 1.54) is 11.3 Å². The summed E-state index contributed by atoms with van der Waals surface area (Å²) < 4.78 is 6.66. The molecule has 0 saturated carbocycles. The molecule has 1 amide bonds. The van der Waals surface area contributed by atoms with Gasteiger partial charge in [0.1, 0.15) is 5.60 Å². The average Bonchev–Trinajstić information content (AvgIpc) is 2.72. The fourth-order valence-corrected chi connectivity index (χ4v) is 4.04. The summed E-state index contributed by atoms with van der Waals surface area (Å²) >= 11 is 13.6. The van der Waals surface area contributed by atoms with E-state index in [4.69, 9.17) is 27.9 Å². The molecule has 1 rings (SSSR count). The van der Waals surface area contributed by atoms with Crippen LogP contribution in [0, 0.1) is 5.92 Å². The maximum atomic E-state index is 11.9. The average molecular weight is 395 g/mol. The van der Waals surface area contributed by atoms with Crippen molar-refractivity contribution in [3.05, 3.63) is 20.3 Å². The van der Waals surface area contributed by atoms with Gasteiger partial charge in [-0.25, -0.2) is 4.79 Å². The Morgan fingerprint density at radius 1 is 1.29 bits per heavy atom. The van der Waals surface area contributed by atoms with E-state index in [1.807, 2.05) is 33.8 Å². The second-order valence-corrected chi connectivity index (χ2v) is 9.66. The first-order valence-electron chi connectivity index (χ1n) is 8.15. The minimum Gasteiger partial charge on any atom is -0.444 e. The van der Waals surface area contributed by atoms with Crippen molar-refractivity contribution in [1.82, 2.24) is 10.6 Å². The second kappa shape index (κ2) is 9.27. The molecule has 2 N–H and O–H groups in total. The maximum absolute atomic E-state index is 11.9. The van der Waals surface area contributed by atoms with E-state index in [-0.39, 0.29) is 12.1 Å². The Hall–Kier alpha value is -0.490. The molecule has 2 unspecified atom stereocenters. The summed E-state index contributed by atoms with van der Waals surface area (Å²) in [6, 6.07) is 2.05. The van der Waals surface area contributed by atoms with Crippen LogP contribution >= 0.6 is 34.5 Å². The van der Waals surface area contributed by atoms with Gasteiger partial charge in [0, 0.05) is 18.6 Å². The van der Waals surface area contributed by atoms with Gasteiger partial charge in [0.15, 0.2) is 0 Å². The zero-order chi connectivity index (χ0) is 18.5. The number of amides is 1. The van der Waals surface area contributed by atoms with Gasteiger partial charge >= 0.3 is 6.09 Å². The molecule has 7 heteroatoms. The standard InChI is InChI=1S/C17H28Cl2N2O2S/c1-10(2)7-12(9-20-16(22)23-17(4,5)6)21-11(3)13-8-14(18)24-15(13)19/h8,10-12,21H,7,9H2,1-6H3,(H,20,22). The molecular formula is C17H28Cl2N2O2S. The highest BCUT2D eigenvalue weighted by atomic mass is 35.5. The second-order valence-electron chi connectivity index (χ2n) is 7.38. The SMILES string of the molecule is CC(C)CC(CNC(=O)OC(C)(C)C)NC(C)c1cc(Cl)sc1Cl. The predicted octanol–water partition coefficient (Wildman–Crippen LogP) is 5.64. The third kappa shape index (κ3) is 8.06. The highest BCUT2D eigenvalue weighted by Crippen LogP contribution is 2.35. The number of hydrogen-bond acceptors (Lipinski definition) is 4. The molecule has 0 bridgehead atoms. The monoisotopic (exact) mass is 394 g/mol. The van der Waals surface area contributed by atoms with E-state index < -0.39 is 11.7 Å². The van der Waals surface area contributed by atoms with E-state index in [0.29, 0.717) is 21.1 Å². The molecule has 24 heavy (non-hydrogen) atoms. The van der Waals surface area contributed by atoms with E-state index >= 15 is 0 Å². The van der Waals surface area contributed by atoms with Gasteiger partial charge < -0.3 is 15.4 Å². The van der Waals surface area contributed by atoms with E-state index in [9.17, 15) is 4.79 Å². The van der Waals surface area contributed by atoms with Crippen molar-refractivity contribution in [2.45, 2.75) is 65.6 Å². The quantitative estimate of drug-likeness (QED) is 0.628. The van der Waals surface area contributed by atoms with Crippen molar-refractivity contribution in [2.24, 2.45) is 5.92 Å². The van der Waals surface area contributed by atoms with Crippen LogP contribution in [0.3, 0.4) is 0 Å². The topological polar surface area (TPSA) is 50.4 Å². The van der Waals surface area contributed by atoms with Crippen LogP contribution in [0.5, 0.6) is 0 Å². The highest BCUT2D eigenvalue weighted by molar-refractivity contribution is 7.20. The van der Waals surface area contributed by atoms with Gasteiger partial charge in [-0.2, -0.15) is 0 Å². The fraction of sp³-hybridized carbons (Fsp3) is 0.706. The molecule has 1 aromatic rings. The smallest absolute Gasteiger partial charge is 0.407 e. The van der Waals surface area contributed by atoms with Gasteiger partial charge in [-0.05, 0) is 51.7 Å². The summed E-state index contributed by atoms with van der Waals surface area (Å²) in [7, 11) is 0. The number of rotatable bonds is 7. The fourth-order valence-electron chi connectivity index (χ4n) is 2.39. The minimum absolute atomic E-state index is 0.0467. The number of halogens is 2. The Morgan fingerprint density at radius 3 is 2.38 bits per heavy atom.